The smallest absolute Gasteiger partial charge is 0.0546 e. The van der Waals surface area contributed by atoms with Crippen LogP contribution in [0.15, 0.2) is 0 Å². The van der Waals surface area contributed by atoms with Gasteiger partial charge in [0.15, 0.2) is 0 Å². The zero-order chi connectivity index (χ0) is 9.47. The third kappa shape index (κ3) is 1.62. The Morgan fingerprint density at radius 1 is 1.54 bits per heavy atom. The quantitative estimate of drug-likeness (QED) is 0.682. The van der Waals surface area contributed by atoms with E-state index in [-0.39, 0.29) is 0 Å². The van der Waals surface area contributed by atoms with Crippen molar-refractivity contribution in [2.24, 2.45) is 0 Å². The molecule has 1 N–H and O–H groups in total. The van der Waals surface area contributed by atoms with E-state index in [4.69, 9.17) is 0 Å². The molecule has 2 atom stereocenters. The van der Waals surface area contributed by atoms with Crippen molar-refractivity contribution >= 4 is 11.8 Å². The van der Waals surface area contributed by atoms with Gasteiger partial charge < -0.3 is 0 Å². The van der Waals surface area contributed by atoms with E-state index in [1.54, 1.807) is 0 Å². The van der Waals surface area contributed by atoms with Crippen LogP contribution in [0.4, 0.5) is 0 Å². The van der Waals surface area contributed by atoms with Crippen LogP contribution in [0.1, 0.15) is 33.1 Å². The normalized spacial score (nSPS) is 36.2. The standard InChI is InChI=1S/C10H20N2S/c1-4-8(5-2)12(3)11-10-6-9(10)13-7-10/h8-9,11H,4-7H2,1-3H3. The first-order valence-electron chi connectivity index (χ1n) is 5.34. The molecular weight excluding hydrogens is 180 g/mol. The Balaban J connectivity index is 1.80. The number of hydrogen-bond acceptors (Lipinski definition) is 3. The van der Waals surface area contributed by atoms with Gasteiger partial charge in [0, 0.05) is 24.1 Å². The minimum absolute atomic E-state index is 0.530. The molecule has 0 radical (unpaired) electrons. The van der Waals surface area contributed by atoms with Crippen LogP contribution in [0.25, 0.3) is 0 Å². The number of nitrogens with zero attached hydrogens (tertiary/aromatic N) is 1. The molecule has 1 saturated carbocycles. The first-order valence-corrected chi connectivity index (χ1v) is 6.39. The number of hydrogen-bond donors (Lipinski definition) is 1. The fraction of sp³-hybridized carbons (Fsp3) is 1.00. The molecule has 1 saturated heterocycles. The van der Waals surface area contributed by atoms with E-state index >= 15 is 0 Å². The second-order valence-corrected chi connectivity index (χ2v) is 5.54. The molecule has 0 amide bonds. The first kappa shape index (κ1) is 9.81. The summed E-state index contributed by atoms with van der Waals surface area (Å²) in [6.07, 6.45) is 3.88. The predicted octanol–water partition coefficient (Wildman–Crippen LogP) is 1.87. The van der Waals surface area contributed by atoms with Crippen molar-refractivity contribution in [2.75, 3.05) is 12.8 Å². The van der Waals surface area contributed by atoms with E-state index in [0.717, 1.165) is 5.25 Å². The molecule has 0 aromatic rings. The number of fused-ring (bicyclic) bond motifs is 1. The molecule has 0 bridgehead atoms. The van der Waals surface area contributed by atoms with Crippen LogP contribution < -0.4 is 5.43 Å². The van der Waals surface area contributed by atoms with Crippen LogP contribution in [0.2, 0.25) is 0 Å². The van der Waals surface area contributed by atoms with Crippen molar-refractivity contribution in [3.05, 3.63) is 0 Å². The summed E-state index contributed by atoms with van der Waals surface area (Å²) >= 11 is 2.11. The highest BCUT2D eigenvalue weighted by Crippen LogP contribution is 2.58. The van der Waals surface area contributed by atoms with Gasteiger partial charge in [-0.1, -0.05) is 13.8 Å². The van der Waals surface area contributed by atoms with Gasteiger partial charge in [-0.15, -0.1) is 0 Å². The third-order valence-electron chi connectivity index (χ3n) is 3.44. The lowest BCUT2D eigenvalue weighted by Gasteiger charge is -2.35. The monoisotopic (exact) mass is 200 g/mol. The molecule has 2 aliphatic rings. The molecule has 2 fully saturated rings. The maximum atomic E-state index is 3.68. The second kappa shape index (κ2) is 3.44. The van der Waals surface area contributed by atoms with Gasteiger partial charge in [-0.05, 0) is 19.3 Å². The summed E-state index contributed by atoms with van der Waals surface area (Å²) in [5.41, 5.74) is 4.21. The highest BCUT2D eigenvalue weighted by molar-refractivity contribution is 8.02. The van der Waals surface area contributed by atoms with E-state index in [0.29, 0.717) is 11.6 Å². The zero-order valence-electron chi connectivity index (χ0n) is 8.84. The van der Waals surface area contributed by atoms with E-state index in [9.17, 15) is 0 Å². The fourth-order valence-corrected chi connectivity index (χ4v) is 3.68. The average Bonchev–Trinajstić information content (AvgIpc) is 2.59. The molecular formula is C10H20N2S. The Labute approximate surface area is 85.4 Å². The number of nitrogens with one attached hydrogen (secondary N) is 1. The van der Waals surface area contributed by atoms with Gasteiger partial charge in [-0.25, -0.2) is 10.4 Å². The fourth-order valence-electron chi connectivity index (χ4n) is 2.22. The van der Waals surface area contributed by atoms with Gasteiger partial charge in [0.1, 0.15) is 0 Å². The summed E-state index contributed by atoms with van der Waals surface area (Å²) in [5.74, 6) is 1.32. The van der Waals surface area contributed by atoms with Gasteiger partial charge in [0.2, 0.25) is 0 Å². The van der Waals surface area contributed by atoms with Crippen molar-refractivity contribution in [1.29, 1.82) is 0 Å². The Bertz CT molecular complexity index is 189. The lowest BCUT2D eigenvalue weighted by atomic mass is 10.2. The van der Waals surface area contributed by atoms with Crippen molar-refractivity contribution in [1.82, 2.24) is 10.4 Å². The highest BCUT2D eigenvalue weighted by atomic mass is 32.2. The second-order valence-electron chi connectivity index (χ2n) is 4.35. The van der Waals surface area contributed by atoms with Gasteiger partial charge in [-0.2, -0.15) is 11.8 Å². The molecule has 13 heavy (non-hydrogen) atoms. The molecule has 1 aliphatic heterocycles. The summed E-state index contributed by atoms with van der Waals surface area (Å²) in [6.45, 7) is 4.54. The Morgan fingerprint density at radius 3 is 2.54 bits per heavy atom. The van der Waals surface area contributed by atoms with Crippen LogP contribution in [-0.4, -0.2) is 34.6 Å². The minimum atomic E-state index is 0.530. The molecule has 2 rings (SSSR count). The Morgan fingerprint density at radius 2 is 2.23 bits per heavy atom. The van der Waals surface area contributed by atoms with Gasteiger partial charge in [0.05, 0.1) is 5.54 Å². The Hall–Kier alpha value is 0.270. The topological polar surface area (TPSA) is 15.3 Å². The maximum absolute atomic E-state index is 3.68. The average molecular weight is 200 g/mol. The number of hydrazine groups is 1. The van der Waals surface area contributed by atoms with E-state index in [1.165, 1.54) is 25.0 Å². The number of thioether (sulfide) groups is 1. The predicted molar refractivity (Wildman–Crippen MR) is 58.9 cm³/mol. The molecule has 0 aromatic heterocycles. The van der Waals surface area contributed by atoms with Crippen LogP contribution in [0, 0.1) is 0 Å². The van der Waals surface area contributed by atoms with E-state index < -0.39 is 0 Å². The SMILES string of the molecule is CCC(CC)N(C)NC12CSC1C2. The van der Waals surface area contributed by atoms with Crippen molar-refractivity contribution in [3.63, 3.8) is 0 Å². The largest absolute Gasteiger partial charge is 0.247 e. The van der Waals surface area contributed by atoms with E-state index in [2.05, 4.69) is 43.1 Å². The van der Waals surface area contributed by atoms with Crippen molar-refractivity contribution < 1.29 is 0 Å². The molecule has 1 heterocycles. The lowest BCUT2D eigenvalue weighted by molar-refractivity contribution is 0.125. The van der Waals surface area contributed by atoms with Gasteiger partial charge >= 0.3 is 0 Å². The minimum Gasteiger partial charge on any atom is -0.247 e. The van der Waals surface area contributed by atoms with Crippen molar-refractivity contribution in [2.45, 2.75) is 49.9 Å². The van der Waals surface area contributed by atoms with Crippen LogP contribution >= 0.6 is 11.8 Å². The molecule has 0 spiro atoms. The Kier molecular flexibility index (Phi) is 2.60. The molecule has 1 aliphatic carbocycles. The molecule has 76 valence electrons. The highest BCUT2D eigenvalue weighted by Gasteiger charge is 2.63. The van der Waals surface area contributed by atoms with E-state index in [1.807, 2.05) is 0 Å². The van der Waals surface area contributed by atoms with Crippen LogP contribution in [0.3, 0.4) is 0 Å². The van der Waals surface area contributed by atoms with Gasteiger partial charge in [0.25, 0.3) is 0 Å². The first-order chi connectivity index (χ1) is 6.22. The molecule has 3 heteroatoms. The van der Waals surface area contributed by atoms with Gasteiger partial charge in [-0.3, -0.25) is 0 Å². The summed E-state index contributed by atoms with van der Waals surface area (Å²) in [7, 11) is 2.20. The van der Waals surface area contributed by atoms with Crippen molar-refractivity contribution in [3.8, 4) is 0 Å². The zero-order valence-corrected chi connectivity index (χ0v) is 9.66. The lowest BCUT2D eigenvalue weighted by Crippen LogP contribution is -2.54. The summed E-state index contributed by atoms with van der Waals surface area (Å²) < 4.78 is 0. The third-order valence-corrected chi connectivity index (χ3v) is 5.14. The van der Waals surface area contributed by atoms with Crippen LogP contribution in [-0.2, 0) is 0 Å². The summed E-state index contributed by atoms with van der Waals surface area (Å²) in [5, 5.41) is 3.28. The summed E-state index contributed by atoms with van der Waals surface area (Å²) in [6, 6.07) is 0.709. The maximum Gasteiger partial charge on any atom is 0.0546 e. The number of rotatable bonds is 5. The molecule has 2 unspecified atom stereocenters. The molecule has 0 aromatic carbocycles. The molecule has 2 nitrogen and oxygen atoms in total. The summed E-state index contributed by atoms with van der Waals surface area (Å²) in [4.78, 5) is 0. The van der Waals surface area contributed by atoms with Crippen LogP contribution in [0.5, 0.6) is 0 Å².